The van der Waals surface area contributed by atoms with Crippen molar-refractivity contribution in [1.82, 2.24) is 0 Å². The van der Waals surface area contributed by atoms with Crippen LogP contribution in [0.15, 0.2) is 23.4 Å². The van der Waals surface area contributed by atoms with E-state index < -0.39 is 0 Å². The van der Waals surface area contributed by atoms with E-state index in [4.69, 9.17) is 16.7 Å². The third-order valence-corrected chi connectivity index (χ3v) is 2.05. The Labute approximate surface area is 75.2 Å². The van der Waals surface area contributed by atoms with Crippen LogP contribution in [0.2, 0.25) is 0 Å². The number of oxime groups is 1. The average molecular weight is 175 g/mol. The van der Waals surface area contributed by atoms with E-state index in [9.17, 15) is 0 Å². The van der Waals surface area contributed by atoms with E-state index in [1.165, 1.54) is 0 Å². The number of fused-ring (bicyclic) bond motifs is 1. The Morgan fingerprint density at radius 1 is 1.38 bits per heavy atom. The standard InChI is InChI=1S/C9H9N3O/c10-6-2-1-5-3-8(7(5)4-6)9(11)12-13/h1-4,13H,10H2,(H2,11,12). The molecule has 0 bridgehead atoms. The highest BCUT2D eigenvalue weighted by Crippen LogP contribution is 2.33. The van der Waals surface area contributed by atoms with Crippen molar-refractivity contribution in [2.75, 3.05) is 5.73 Å². The van der Waals surface area contributed by atoms with E-state index in [1.807, 2.05) is 24.3 Å². The van der Waals surface area contributed by atoms with Crippen LogP contribution in [-0.2, 0) is 0 Å². The fourth-order valence-electron chi connectivity index (χ4n) is 1.35. The summed E-state index contributed by atoms with van der Waals surface area (Å²) in [6.07, 6.45) is 1.85. The first-order valence-electron chi connectivity index (χ1n) is 3.82. The quantitative estimate of drug-likeness (QED) is 0.195. The number of rotatable bonds is 1. The van der Waals surface area contributed by atoms with Gasteiger partial charge in [0.1, 0.15) is 0 Å². The van der Waals surface area contributed by atoms with Crippen molar-refractivity contribution in [3.8, 4) is 0 Å². The second-order valence-electron chi connectivity index (χ2n) is 2.89. The molecule has 13 heavy (non-hydrogen) atoms. The molecule has 0 spiro atoms. The van der Waals surface area contributed by atoms with Crippen molar-refractivity contribution in [2.24, 2.45) is 10.9 Å². The monoisotopic (exact) mass is 175 g/mol. The lowest BCUT2D eigenvalue weighted by atomic mass is 9.87. The largest absolute Gasteiger partial charge is 0.409 e. The minimum absolute atomic E-state index is 0.123. The Bertz CT molecular complexity index is 421. The molecular weight excluding hydrogens is 166 g/mol. The zero-order chi connectivity index (χ0) is 9.42. The number of benzene rings is 1. The van der Waals surface area contributed by atoms with Gasteiger partial charge in [0.05, 0.1) is 0 Å². The summed E-state index contributed by atoms with van der Waals surface area (Å²) < 4.78 is 0. The minimum atomic E-state index is 0.123. The van der Waals surface area contributed by atoms with Crippen molar-refractivity contribution in [2.45, 2.75) is 0 Å². The first-order chi connectivity index (χ1) is 6.22. The van der Waals surface area contributed by atoms with Gasteiger partial charge in [-0.25, -0.2) is 0 Å². The van der Waals surface area contributed by atoms with Gasteiger partial charge in [0, 0.05) is 11.3 Å². The maximum absolute atomic E-state index is 8.46. The molecule has 4 heteroatoms. The zero-order valence-electron chi connectivity index (χ0n) is 6.86. The summed E-state index contributed by atoms with van der Waals surface area (Å²) in [6, 6.07) is 5.53. The molecule has 0 atom stereocenters. The molecule has 1 aliphatic rings. The summed E-state index contributed by atoms with van der Waals surface area (Å²) in [7, 11) is 0. The maximum Gasteiger partial charge on any atom is 0.170 e. The summed E-state index contributed by atoms with van der Waals surface area (Å²) in [5, 5.41) is 11.4. The zero-order valence-corrected chi connectivity index (χ0v) is 6.86. The van der Waals surface area contributed by atoms with E-state index in [2.05, 4.69) is 5.16 Å². The first-order valence-corrected chi connectivity index (χ1v) is 3.82. The van der Waals surface area contributed by atoms with Crippen molar-refractivity contribution in [3.05, 3.63) is 29.3 Å². The van der Waals surface area contributed by atoms with Gasteiger partial charge < -0.3 is 16.7 Å². The van der Waals surface area contributed by atoms with E-state index >= 15 is 0 Å². The highest BCUT2D eigenvalue weighted by Gasteiger charge is 2.19. The van der Waals surface area contributed by atoms with E-state index in [-0.39, 0.29) is 5.84 Å². The Morgan fingerprint density at radius 3 is 2.85 bits per heavy atom. The van der Waals surface area contributed by atoms with Gasteiger partial charge in [0.15, 0.2) is 5.84 Å². The summed E-state index contributed by atoms with van der Waals surface area (Å²) >= 11 is 0. The highest BCUT2D eigenvalue weighted by atomic mass is 16.4. The number of anilines is 1. The summed E-state index contributed by atoms with van der Waals surface area (Å²) in [5.74, 6) is 0.123. The molecule has 5 N–H and O–H groups in total. The fourth-order valence-corrected chi connectivity index (χ4v) is 1.35. The number of nitrogen functional groups attached to an aromatic ring is 1. The lowest BCUT2D eigenvalue weighted by Crippen LogP contribution is -2.18. The molecule has 0 heterocycles. The van der Waals surface area contributed by atoms with Gasteiger partial charge >= 0.3 is 0 Å². The second-order valence-corrected chi connectivity index (χ2v) is 2.89. The predicted octanol–water partition coefficient (Wildman–Crippen LogP) is 0.869. The van der Waals surface area contributed by atoms with Crippen molar-refractivity contribution in [1.29, 1.82) is 0 Å². The van der Waals surface area contributed by atoms with Gasteiger partial charge in [-0.05, 0) is 29.3 Å². The summed E-state index contributed by atoms with van der Waals surface area (Å²) in [4.78, 5) is 0. The van der Waals surface area contributed by atoms with Crippen LogP contribution in [0, 0.1) is 0 Å². The van der Waals surface area contributed by atoms with Crippen LogP contribution in [-0.4, -0.2) is 11.0 Å². The highest BCUT2D eigenvalue weighted by molar-refractivity contribution is 6.31. The van der Waals surface area contributed by atoms with Crippen LogP contribution in [0.25, 0.3) is 11.6 Å². The van der Waals surface area contributed by atoms with Gasteiger partial charge in [-0.1, -0.05) is 11.2 Å². The van der Waals surface area contributed by atoms with Crippen molar-refractivity contribution in [3.63, 3.8) is 0 Å². The van der Waals surface area contributed by atoms with Crippen LogP contribution in [0.3, 0.4) is 0 Å². The second kappa shape index (κ2) is 2.52. The SMILES string of the molecule is NC(=NO)C1=Cc2ccc(N)cc21. The van der Waals surface area contributed by atoms with Gasteiger partial charge in [-0.3, -0.25) is 0 Å². The van der Waals surface area contributed by atoms with Crippen LogP contribution >= 0.6 is 0 Å². The molecule has 0 saturated carbocycles. The lowest BCUT2D eigenvalue weighted by Gasteiger charge is -2.18. The molecule has 0 unspecified atom stereocenters. The third-order valence-electron chi connectivity index (χ3n) is 2.05. The van der Waals surface area contributed by atoms with Crippen molar-refractivity contribution >= 4 is 23.2 Å². The molecule has 0 saturated heterocycles. The number of hydrogen-bond donors (Lipinski definition) is 3. The number of amidine groups is 1. The average Bonchev–Trinajstić information content (AvgIpc) is 2.10. The predicted molar refractivity (Wildman–Crippen MR) is 52.1 cm³/mol. The van der Waals surface area contributed by atoms with Crippen LogP contribution in [0.4, 0.5) is 5.69 Å². The minimum Gasteiger partial charge on any atom is -0.409 e. The number of nitrogens with two attached hydrogens (primary N) is 2. The fraction of sp³-hybridized carbons (Fsp3) is 0. The maximum atomic E-state index is 8.46. The Morgan fingerprint density at radius 2 is 2.15 bits per heavy atom. The normalized spacial score (nSPS) is 14.5. The molecule has 0 amide bonds. The molecule has 0 aliphatic heterocycles. The topological polar surface area (TPSA) is 84.6 Å². The molecule has 1 aromatic rings. The van der Waals surface area contributed by atoms with Crippen molar-refractivity contribution < 1.29 is 5.21 Å². The molecule has 1 aromatic carbocycles. The Kier molecular flexibility index (Phi) is 1.48. The van der Waals surface area contributed by atoms with Crippen LogP contribution in [0.5, 0.6) is 0 Å². The summed E-state index contributed by atoms with van der Waals surface area (Å²) in [5.41, 5.74) is 14.5. The van der Waals surface area contributed by atoms with Gasteiger partial charge in [0.25, 0.3) is 0 Å². The molecule has 0 aromatic heterocycles. The van der Waals surface area contributed by atoms with Crippen LogP contribution in [0.1, 0.15) is 11.1 Å². The van der Waals surface area contributed by atoms with E-state index in [0.29, 0.717) is 5.69 Å². The molecule has 66 valence electrons. The summed E-state index contributed by atoms with van der Waals surface area (Å²) in [6.45, 7) is 0. The van der Waals surface area contributed by atoms with Gasteiger partial charge in [0.2, 0.25) is 0 Å². The van der Waals surface area contributed by atoms with E-state index in [1.54, 1.807) is 0 Å². The molecular formula is C9H9N3O. The smallest absolute Gasteiger partial charge is 0.170 e. The molecule has 2 rings (SSSR count). The molecule has 4 nitrogen and oxygen atoms in total. The van der Waals surface area contributed by atoms with Gasteiger partial charge in [-0.2, -0.15) is 0 Å². The Hall–Kier alpha value is -1.97. The third kappa shape index (κ3) is 1.03. The van der Waals surface area contributed by atoms with Gasteiger partial charge in [-0.15, -0.1) is 0 Å². The van der Waals surface area contributed by atoms with E-state index in [0.717, 1.165) is 16.7 Å². The first kappa shape index (κ1) is 7.67. The number of hydrogen-bond acceptors (Lipinski definition) is 3. The molecule has 0 fully saturated rings. The van der Waals surface area contributed by atoms with Crippen LogP contribution < -0.4 is 11.5 Å². The number of nitrogens with zero attached hydrogens (tertiary/aromatic N) is 1. The molecule has 1 aliphatic carbocycles. The molecule has 0 radical (unpaired) electrons. The Balaban J connectivity index is 2.42. The lowest BCUT2D eigenvalue weighted by molar-refractivity contribution is 0.319.